The Hall–Kier alpha value is -1.47. The molecule has 0 aromatic carbocycles. The Morgan fingerprint density at radius 2 is 0.863 bits per heavy atom. The maximum Gasteiger partial charge on any atom is 0.469 e. The van der Waals surface area contributed by atoms with E-state index in [4.69, 9.17) is 19.3 Å². The second-order valence-electron chi connectivity index (χ2n) is 14.4. The molecule has 0 radical (unpaired) electrons. The van der Waals surface area contributed by atoms with Crippen LogP contribution in [0.2, 0.25) is 0 Å². The zero-order valence-electron chi connectivity index (χ0n) is 33.0. The van der Waals surface area contributed by atoms with Crippen molar-refractivity contribution < 1.29 is 37.9 Å². The molecule has 8 nitrogen and oxygen atoms in total. The lowest BCUT2D eigenvalue weighted by atomic mass is 10.0. The van der Waals surface area contributed by atoms with E-state index in [2.05, 4.69) is 42.7 Å². The molecule has 0 aliphatic carbocycles. The van der Waals surface area contributed by atoms with E-state index >= 15 is 0 Å². The fourth-order valence-corrected chi connectivity index (χ4v) is 6.43. The van der Waals surface area contributed by atoms with Crippen LogP contribution in [-0.4, -0.2) is 41.0 Å². The van der Waals surface area contributed by atoms with Gasteiger partial charge in [-0.15, -0.1) is 0 Å². The van der Waals surface area contributed by atoms with Gasteiger partial charge in [0.1, 0.15) is 6.61 Å². The zero-order valence-corrected chi connectivity index (χ0v) is 33.9. The predicted octanol–water partition coefficient (Wildman–Crippen LogP) is 12.8. The number of rotatable bonds is 39. The Labute approximate surface area is 313 Å². The molecule has 0 heterocycles. The van der Waals surface area contributed by atoms with Crippen molar-refractivity contribution >= 4 is 19.8 Å². The van der Waals surface area contributed by atoms with Gasteiger partial charge in [0.15, 0.2) is 6.10 Å². The second kappa shape index (κ2) is 38.3. The fraction of sp³-hybridized carbons (Fsp3) is 0.857. The van der Waals surface area contributed by atoms with Gasteiger partial charge >= 0.3 is 19.8 Å². The van der Waals surface area contributed by atoms with E-state index in [0.717, 1.165) is 57.8 Å². The van der Waals surface area contributed by atoms with E-state index in [0.29, 0.717) is 6.42 Å². The molecule has 2 N–H and O–H groups in total. The molecular weight excluding hydrogens is 663 g/mol. The Balaban J connectivity index is 3.90. The standard InChI is InChI=1S/C42H79O8P/c1-3-5-7-9-11-13-15-17-19-20-21-23-24-26-28-30-32-34-36-41(43)48-38-40(39-49-51(45,46)47)50-42(44)37-35-33-31-29-27-25-22-18-16-14-12-10-8-6-4-2/h14,16,18,22,40H,3-13,15,17,19-21,23-39H2,1-2H3,(H2,45,46,47)/b16-14+,22-18+/t40-/m1/s1. The van der Waals surface area contributed by atoms with Gasteiger partial charge in [-0.25, -0.2) is 4.57 Å². The number of hydrogen-bond donors (Lipinski definition) is 2. The van der Waals surface area contributed by atoms with Crippen molar-refractivity contribution in [1.29, 1.82) is 0 Å². The molecule has 0 amide bonds. The summed E-state index contributed by atoms with van der Waals surface area (Å²) in [4.78, 5) is 42.8. The van der Waals surface area contributed by atoms with Crippen molar-refractivity contribution in [2.45, 2.75) is 219 Å². The lowest BCUT2D eigenvalue weighted by Gasteiger charge is -2.18. The van der Waals surface area contributed by atoms with Crippen molar-refractivity contribution in [1.82, 2.24) is 0 Å². The van der Waals surface area contributed by atoms with Gasteiger partial charge in [0.2, 0.25) is 0 Å². The van der Waals surface area contributed by atoms with Crippen LogP contribution in [0, 0.1) is 0 Å². The maximum absolute atomic E-state index is 12.4. The molecule has 0 aromatic heterocycles. The molecule has 0 aliphatic heterocycles. The summed E-state index contributed by atoms with van der Waals surface area (Å²) in [5, 5.41) is 0. The van der Waals surface area contributed by atoms with Gasteiger partial charge in [-0.05, 0) is 38.5 Å². The summed E-state index contributed by atoms with van der Waals surface area (Å²) in [7, 11) is -4.75. The van der Waals surface area contributed by atoms with Crippen LogP contribution in [0.1, 0.15) is 213 Å². The van der Waals surface area contributed by atoms with Crippen LogP contribution in [0.3, 0.4) is 0 Å². The van der Waals surface area contributed by atoms with E-state index < -0.39 is 32.5 Å². The quantitative estimate of drug-likeness (QED) is 0.0276. The monoisotopic (exact) mass is 743 g/mol. The summed E-state index contributed by atoms with van der Waals surface area (Å²) in [6, 6.07) is 0. The third kappa shape index (κ3) is 41.2. The summed E-state index contributed by atoms with van der Waals surface area (Å²) < 4.78 is 26.4. The molecule has 51 heavy (non-hydrogen) atoms. The number of carbonyl (C=O) groups excluding carboxylic acids is 2. The Morgan fingerprint density at radius 3 is 1.27 bits per heavy atom. The molecule has 0 unspecified atom stereocenters. The summed E-state index contributed by atoms with van der Waals surface area (Å²) >= 11 is 0. The van der Waals surface area contributed by atoms with E-state index in [1.54, 1.807) is 0 Å². The maximum atomic E-state index is 12.4. The highest BCUT2D eigenvalue weighted by molar-refractivity contribution is 7.46. The van der Waals surface area contributed by atoms with Crippen molar-refractivity contribution in [3.05, 3.63) is 24.3 Å². The first-order valence-electron chi connectivity index (χ1n) is 21.1. The van der Waals surface area contributed by atoms with Gasteiger partial charge in [-0.1, -0.05) is 186 Å². The SMILES string of the molecule is CCCCCC/C=C/C=C/CCCCCCCC(=O)O[C@H](COC(=O)CCCCCCCCCCCCCCCCCCCC)COP(=O)(O)O. The molecule has 0 aromatic rings. The normalized spacial score (nSPS) is 12.6. The van der Waals surface area contributed by atoms with Crippen molar-refractivity contribution in [3.63, 3.8) is 0 Å². The topological polar surface area (TPSA) is 119 Å². The number of phosphoric acid groups is 1. The molecule has 1 atom stereocenters. The highest BCUT2D eigenvalue weighted by atomic mass is 31.2. The molecule has 0 fully saturated rings. The molecule has 0 bridgehead atoms. The summed E-state index contributed by atoms with van der Waals surface area (Å²) in [5.41, 5.74) is 0. The van der Waals surface area contributed by atoms with Crippen LogP contribution in [0.4, 0.5) is 0 Å². The van der Waals surface area contributed by atoms with Gasteiger partial charge in [0.05, 0.1) is 6.61 Å². The number of hydrogen-bond acceptors (Lipinski definition) is 6. The zero-order chi connectivity index (χ0) is 37.5. The number of unbranched alkanes of at least 4 members (excludes halogenated alkanes) is 26. The number of esters is 2. The van der Waals surface area contributed by atoms with Crippen molar-refractivity contribution in [3.8, 4) is 0 Å². The molecular formula is C42H79O8P. The average Bonchev–Trinajstić information content (AvgIpc) is 3.10. The summed E-state index contributed by atoms with van der Waals surface area (Å²) in [6.45, 7) is 3.67. The summed E-state index contributed by atoms with van der Waals surface area (Å²) in [6.07, 6.45) is 43.3. The minimum atomic E-state index is -4.75. The average molecular weight is 743 g/mol. The van der Waals surface area contributed by atoms with Crippen molar-refractivity contribution in [2.75, 3.05) is 13.2 Å². The van der Waals surface area contributed by atoms with Crippen LogP contribution in [0.5, 0.6) is 0 Å². The first-order valence-corrected chi connectivity index (χ1v) is 22.7. The highest BCUT2D eigenvalue weighted by Gasteiger charge is 2.22. The molecule has 9 heteroatoms. The first kappa shape index (κ1) is 49.5. The van der Waals surface area contributed by atoms with Crippen LogP contribution < -0.4 is 0 Å². The molecule has 0 saturated heterocycles. The van der Waals surface area contributed by atoms with E-state index in [1.807, 2.05) is 0 Å². The molecule has 0 saturated carbocycles. The largest absolute Gasteiger partial charge is 0.469 e. The lowest BCUT2D eigenvalue weighted by molar-refractivity contribution is -0.161. The van der Waals surface area contributed by atoms with Gasteiger partial charge < -0.3 is 19.3 Å². The lowest BCUT2D eigenvalue weighted by Crippen LogP contribution is -2.29. The minimum Gasteiger partial charge on any atom is -0.462 e. The van der Waals surface area contributed by atoms with Gasteiger partial charge in [-0.2, -0.15) is 0 Å². The Morgan fingerprint density at radius 1 is 0.510 bits per heavy atom. The van der Waals surface area contributed by atoms with Crippen molar-refractivity contribution in [2.24, 2.45) is 0 Å². The molecule has 0 aliphatic rings. The van der Waals surface area contributed by atoms with Crippen LogP contribution >= 0.6 is 7.82 Å². The fourth-order valence-electron chi connectivity index (χ4n) is 6.07. The number of phosphoric ester groups is 1. The summed E-state index contributed by atoms with van der Waals surface area (Å²) in [5.74, 6) is -0.893. The number of allylic oxidation sites excluding steroid dienone is 4. The smallest absolute Gasteiger partial charge is 0.462 e. The Kier molecular flexibility index (Phi) is 37.2. The predicted molar refractivity (Wildman–Crippen MR) is 212 cm³/mol. The van der Waals surface area contributed by atoms with Crippen LogP contribution in [0.25, 0.3) is 0 Å². The number of carbonyl (C=O) groups is 2. The highest BCUT2D eigenvalue weighted by Crippen LogP contribution is 2.36. The van der Waals surface area contributed by atoms with Crippen LogP contribution in [-0.2, 0) is 28.2 Å². The third-order valence-electron chi connectivity index (χ3n) is 9.25. The number of ether oxygens (including phenoxy) is 2. The Bertz CT molecular complexity index is 884. The minimum absolute atomic E-state index is 0.197. The van der Waals surface area contributed by atoms with Crippen LogP contribution in [0.15, 0.2) is 24.3 Å². The molecule has 300 valence electrons. The van der Waals surface area contributed by atoms with Gasteiger partial charge in [0.25, 0.3) is 0 Å². The van der Waals surface area contributed by atoms with E-state index in [-0.39, 0.29) is 19.4 Å². The van der Waals surface area contributed by atoms with Gasteiger partial charge in [-0.3, -0.25) is 14.1 Å². The molecule has 0 rings (SSSR count). The van der Waals surface area contributed by atoms with E-state index in [9.17, 15) is 14.2 Å². The van der Waals surface area contributed by atoms with Gasteiger partial charge in [0, 0.05) is 12.8 Å². The third-order valence-corrected chi connectivity index (χ3v) is 9.74. The molecule has 0 spiro atoms. The first-order chi connectivity index (χ1) is 24.8. The van der Waals surface area contributed by atoms with E-state index in [1.165, 1.54) is 122 Å². The second-order valence-corrected chi connectivity index (χ2v) is 15.6.